The van der Waals surface area contributed by atoms with Gasteiger partial charge in [-0.25, -0.2) is 9.97 Å². The van der Waals surface area contributed by atoms with Gasteiger partial charge < -0.3 is 0 Å². The Morgan fingerprint density at radius 3 is 1.25 bits per heavy atom. The zero-order valence-electron chi connectivity index (χ0n) is 10.7. The molecule has 2 rings (SSSR count). The molecule has 0 bridgehead atoms. The molecule has 0 spiro atoms. The van der Waals surface area contributed by atoms with E-state index >= 15 is 0 Å². The van der Waals surface area contributed by atoms with Crippen LogP contribution in [0.25, 0.3) is 9.66 Å². The molecule has 4 heteroatoms. The van der Waals surface area contributed by atoms with Gasteiger partial charge in [0.15, 0.2) is 9.66 Å². The van der Waals surface area contributed by atoms with Crippen LogP contribution in [-0.4, -0.2) is 9.97 Å². The maximum Gasteiger partial charge on any atom is 0.155 e. The van der Waals surface area contributed by atoms with Crippen molar-refractivity contribution in [1.29, 1.82) is 0 Å². The van der Waals surface area contributed by atoms with Crippen molar-refractivity contribution in [2.24, 2.45) is 0 Å². The number of fused-ring (bicyclic) bond motifs is 1. The first-order chi connectivity index (χ1) is 7.18. The normalized spacial score (nSPS) is 13.6. The molecule has 0 unspecified atom stereocenters. The van der Waals surface area contributed by atoms with E-state index in [0.717, 1.165) is 9.66 Å². The van der Waals surface area contributed by atoms with Crippen LogP contribution in [-0.2, 0) is 10.8 Å². The van der Waals surface area contributed by atoms with Gasteiger partial charge in [0, 0.05) is 10.8 Å². The summed E-state index contributed by atoms with van der Waals surface area (Å²) in [6.07, 6.45) is 0. The Morgan fingerprint density at radius 1 is 0.688 bits per heavy atom. The maximum atomic E-state index is 4.69. The van der Waals surface area contributed by atoms with Crippen LogP contribution >= 0.6 is 22.7 Å². The van der Waals surface area contributed by atoms with Gasteiger partial charge in [-0.2, -0.15) is 0 Å². The summed E-state index contributed by atoms with van der Waals surface area (Å²) in [4.78, 5) is 11.6. The van der Waals surface area contributed by atoms with Crippen molar-refractivity contribution in [3.05, 3.63) is 10.0 Å². The number of nitrogens with zero attached hydrogens (tertiary/aromatic N) is 2. The average Bonchev–Trinajstić information content (AvgIpc) is 2.53. The van der Waals surface area contributed by atoms with Crippen molar-refractivity contribution in [2.45, 2.75) is 52.4 Å². The van der Waals surface area contributed by atoms with Crippen molar-refractivity contribution >= 4 is 32.3 Å². The maximum absolute atomic E-state index is 4.69. The number of hydrogen-bond acceptors (Lipinski definition) is 4. The van der Waals surface area contributed by atoms with Crippen molar-refractivity contribution in [1.82, 2.24) is 9.97 Å². The van der Waals surface area contributed by atoms with Gasteiger partial charge in [-0.1, -0.05) is 64.2 Å². The molecule has 0 amide bonds. The molecule has 0 aliphatic rings. The van der Waals surface area contributed by atoms with E-state index in [1.807, 2.05) is 0 Å². The van der Waals surface area contributed by atoms with E-state index in [4.69, 9.17) is 9.97 Å². The number of thiazole rings is 2. The number of aromatic nitrogens is 2. The standard InChI is InChI=1S/C12H18N2S2/c1-11(2,3)9-13-7-8(15-9)14-10(16-7)12(4,5)6/h1-6H3. The van der Waals surface area contributed by atoms with E-state index in [-0.39, 0.29) is 10.8 Å². The van der Waals surface area contributed by atoms with Crippen LogP contribution in [0.4, 0.5) is 0 Å². The van der Waals surface area contributed by atoms with Crippen LogP contribution in [0.2, 0.25) is 0 Å². The summed E-state index contributed by atoms with van der Waals surface area (Å²) in [5.41, 5.74) is 0.264. The molecule has 0 aliphatic heterocycles. The molecule has 0 fully saturated rings. The molecule has 2 aromatic heterocycles. The van der Waals surface area contributed by atoms with Gasteiger partial charge in [-0.3, -0.25) is 0 Å². The minimum atomic E-state index is 0.132. The smallest absolute Gasteiger partial charge is 0.155 e. The molecule has 0 aromatic carbocycles. The van der Waals surface area contributed by atoms with Gasteiger partial charge in [-0.05, 0) is 0 Å². The number of hydrogen-bond donors (Lipinski definition) is 0. The lowest BCUT2D eigenvalue weighted by Crippen LogP contribution is -2.11. The third kappa shape index (κ3) is 2.13. The number of rotatable bonds is 0. The second-order valence-corrected chi connectivity index (χ2v) is 8.10. The van der Waals surface area contributed by atoms with E-state index in [1.54, 1.807) is 22.7 Å². The summed E-state index contributed by atoms with van der Waals surface area (Å²) in [6.45, 7) is 13.2. The monoisotopic (exact) mass is 254 g/mol. The quantitative estimate of drug-likeness (QED) is 0.698. The van der Waals surface area contributed by atoms with Gasteiger partial charge >= 0.3 is 0 Å². The summed E-state index contributed by atoms with van der Waals surface area (Å²) in [7, 11) is 0. The molecular formula is C12H18N2S2. The fourth-order valence-corrected chi connectivity index (χ4v) is 3.44. The van der Waals surface area contributed by atoms with E-state index in [1.165, 1.54) is 10.0 Å². The summed E-state index contributed by atoms with van der Waals surface area (Å²) in [6, 6.07) is 0. The predicted octanol–water partition coefficient (Wildman–Crippen LogP) is 4.35. The van der Waals surface area contributed by atoms with Crippen LogP contribution < -0.4 is 0 Å². The molecule has 2 heterocycles. The van der Waals surface area contributed by atoms with Crippen molar-refractivity contribution in [2.75, 3.05) is 0 Å². The zero-order valence-corrected chi connectivity index (χ0v) is 12.3. The van der Waals surface area contributed by atoms with E-state index < -0.39 is 0 Å². The Labute approximate surface area is 105 Å². The highest BCUT2D eigenvalue weighted by Crippen LogP contribution is 2.36. The topological polar surface area (TPSA) is 25.8 Å². The molecule has 16 heavy (non-hydrogen) atoms. The molecule has 88 valence electrons. The molecule has 0 N–H and O–H groups in total. The van der Waals surface area contributed by atoms with Crippen LogP contribution in [0.3, 0.4) is 0 Å². The van der Waals surface area contributed by atoms with E-state index in [9.17, 15) is 0 Å². The van der Waals surface area contributed by atoms with Crippen LogP contribution in [0, 0.1) is 0 Å². The average molecular weight is 254 g/mol. The molecule has 2 nitrogen and oxygen atoms in total. The Balaban J connectivity index is 2.49. The van der Waals surface area contributed by atoms with Gasteiger partial charge in [-0.15, -0.1) is 0 Å². The second-order valence-electron chi connectivity index (χ2n) is 6.15. The van der Waals surface area contributed by atoms with Crippen molar-refractivity contribution < 1.29 is 0 Å². The first kappa shape index (κ1) is 12.0. The van der Waals surface area contributed by atoms with E-state index in [0.29, 0.717) is 0 Å². The Kier molecular flexibility index (Phi) is 2.63. The molecule has 0 saturated carbocycles. The lowest BCUT2D eigenvalue weighted by Gasteiger charge is -2.14. The molecule has 0 aliphatic carbocycles. The van der Waals surface area contributed by atoms with E-state index in [2.05, 4.69) is 41.5 Å². The summed E-state index contributed by atoms with van der Waals surface area (Å²) < 4.78 is 0. The first-order valence-electron chi connectivity index (χ1n) is 5.46. The molecule has 2 aromatic rings. The summed E-state index contributed by atoms with van der Waals surface area (Å²) in [5, 5.41) is 2.36. The van der Waals surface area contributed by atoms with Crippen LogP contribution in [0.15, 0.2) is 0 Å². The third-order valence-electron chi connectivity index (χ3n) is 2.26. The second kappa shape index (κ2) is 3.50. The lowest BCUT2D eigenvalue weighted by molar-refractivity contribution is 0.586. The fourth-order valence-electron chi connectivity index (χ4n) is 1.28. The minimum absolute atomic E-state index is 0.132. The summed E-state index contributed by atoms with van der Waals surface area (Å²) >= 11 is 3.46. The highest BCUT2D eigenvalue weighted by Gasteiger charge is 2.24. The molecule has 0 radical (unpaired) electrons. The zero-order chi connectivity index (χ0) is 12.1. The van der Waals surface area contributed by atoms with Gasteiger partial charge in [0.1, 0.15) is 10.0 Å². The predicted molar refractivity (Wildman–Crippen MR) is 72.7 cm³/mol. The van der Waals surface area contributed by atoms with Crippen LogP contribution in [0.1, 0.15) is 51.6 Å². The highest BCUT2D eigenvalue weighted by molar-refractivity contribution is 7.26. The Hall–Kier alpha value is -0.480. The third-order valence-corrected chi connectivity index (χ3v) is 5.14. The first-order valence-corrected chi connectivity index (χ1v) is 7.09. The van der Waals surface area contributed by atoms with Gasteiger partial charge in [0.2, 0.25) is 0 Å². The Bertz CT molecular complexity index is 434. The lowest BCUT2D eigenvalue weighted by atomic mass is 9.98. The largest absolute Gasteiger partial charge is 0.228 e. The SMILES string of the molecule is CC(C)(C)c1nc2sc(C(C)(C)C)nc2s1. The van der Waals surface area contributed by atoms with Gasteiger partial charge in [0.25, 0.3) is 0 Å². The molecule has 0 saturated heterocycles. The summed E-state index contributed by atoms with van der Waals surface area (Å²) in [5.74, 6) is 0. The molecule has 0 atom stereocenters. The van der Waals surface area contributed by atoms with Crippen molar-refractivity contribution in [3.8, 4) is 0 Å². The van der Waals surface area contributed by atoms with Crippen molar-refractivity contribution in [3.63, 3.8) is 0 Å². The van der Waals surface area contributed by atoms with Crippen LogP contribution in [0.5, 0.6) is 0 Å². The molecular weight excluding hydrogens is 236 g/mol. The fraction of sp³-hybridized carbons (Fsp3) is 0.667. The highest BCUT2D eigenvalue weighted by atomic mass is 32.1. The Morgan fingerprint density at radius 2 is 1.00 bits per heavy atom. The van der Waals surface area contributed by atoms with Gasteiger partial charge in [0.05, 0.1) is 0 Å². The minimum Gasteiger partial charge on any atom is -0.228 e.